The third-order valence-electron chi connectivity index (χ3n) is 4.34. The maximum Gasteiger partial charge on any atom is 0.248 e. The lowest BCUT2D eigenvalue weighted by Gasteiger charge is -2.33. The van der Waals surface area contributed by atoms with Crippen LogP contribution in [0.15, 0.2) is 24.9 Å². The summed E-state index contributed by atoms with van der Waals surface area (Å²) in [5, 5.41) is 0. The average Bonchev–Trinajstić information content (AvgIpc) is 2.72. The summed E-state index contributed by atoms with van der Waals surface area (Å²) < 4.78 is 11.4. The van der Waals surface area contributed by atoms with Crippen LogP contribution in [0.1, 0.15) is 25.6 Å². The maximum atomic E-state index is 12.5. The molecule has 1 atom stereocenters. The molecule has 0 unspecified atom stereocenters. The van der Waals surface area contributed by atoms with Crippen molar-refractivity contribution in [3.63, 3.8) is 0 Å². The monoisotopic (exact) mass is 386 g/mol. The molecule has 9 heteroatoms. The van der Waals surface area contributed by atoms with Gasteiger partial charge in [-0.2, -0.15) is 0 Å². The lowest BCUT2D eigenvalue weighted by Crippen LogP contribution is -2.44. The molecule has 3 rings (SSSR count). The second kappa shape index (κ2) is 9.03. The zero-order valence-electron chi connectivity index (χ0n) is 16.7. The summed E-state index contributed by atoms with van der Waals surface area (Å²) in [7, 11) is 3.76. The molecule has 0 aromatic carbocycles. The fourth-order valence-electron chi connectivity index (χ4n) is 2.88. The third kappa shape index (κ3) is 4.79. The van der Waals surface area contributed by atoms with Gasteiger partial charge in [0.2, 0.25) is 11.9 Å². The Labute approximate surface area is 164 Å². The van der Waals surface area contributed by atoms with Crippen molar-refractivity contribution in [3.8, 4) is 11.1 Å². The fourth-order valence-corrected chi connectivity index (χ4v) is 2.88. The molecule has 1 aliphatic heterocycles. The first-order valence-electron chi connectivity index (χ1n) is 9.26. The summed E-state index contributed by atoms with van der Waals surface area (Å²) in [6.07, 6.45) is 6.30. The van der Waals surface area contributed by atoms with Crippen LogP contribution in [-0.2, 0) is 14.3 Å². The minimum Gasteiger partial charge on any atom is -0.369 e. The molecule has 0 saturated carbocycles. The maximum absolute atomic E-state index is 12.5. The van der Waals surface area contributed by atoms with Crippen LogP contribution in [0, 0.1) is 0 Å². The summed E-state index contributed by atoms with van der Waals surface area (Å²) in [6.45, 7) is 5.26. The van der Waals surface area contributed by atoms with Crippen molar-refractivity contribution in [3.05, 3.63) is 30.6 Å². The summed E-state index contributed by atoms with van der Waals surface area (Å²) in [6, 6.07) is 0. The minimum atomic E-state index is -0.367. The summed E-state index contributed by atoms with van der Waals surface area (Å²) in [4.78, 5) is 33.4. The Morgan fingerprint density at radius 2 is 2.07 bits per heavy atom. The van der Waals surface area contributed by atoms with Gasteiger partial charge in [-0.3, -0.25) is 4.79 Å². The van der Waals surface area contributed by atoms with Crippen molar-refractivity contribution in [1.29, 1.82) is 0 Å². The Morgan fingerprint density at radius 3 is 2.75 bits per heavy atom. The number of carbonyl (C=O) groups excluding carboxylic acids is 1. The first-order valence-corrected chi connectivity index (χ1v) is 9.26. The number of anilines is 1. The number of carbonyl (C=O) groups is 1. The highest BCUT2D eigenvalue weighted by molar-refractivity contribution is 5.77. The van der Waals surface area contributed by atoms with Gasteiger partial charge in [-0.25, -0.2) is 19.9 Å². The largest absolute Gasteiger partial charge is 0.369 e. The Balaban J connectivity index is 1.88. The number of rotatable bonds is 6. The molecule has 1 aliphatic rings. The number of ether oxygens (including phenoxy) is 2. The Morgan fingerprint density at radius 1 is 1.32 bits per heavy atom. The molecule has 0 spiro atoms. The Bertz CT molecular complexity index is 800. The highest BCUT2D eigenvalue weighted by atomic mass is 16.5. The second-order valence-corrected chi connectivity index (χ2v) is 7.05. The van der Waals surface area contributed by atoms with E-state index in [4.69, 9.17) is 14.5 Å². The van der Waals surface area contributed by atoms with Gasteiger partial charge in [0.05, 0.1) is 24.9 Å². The molecule has 0 aliphatic carbocycles. The van der Waals surface area contributed by atoms with Gasteiger partial charge < -0.3 is 19.3 Å². The van der Waals surface area contributed by atoms with Crippen LogP contribution in [0.2, 0.25) is 0 Å². The molecule has 150 valence electrons. The highest BCUT2D eigenvalue weighted by Gasteiger charge is 2.29. The van der Waals surface area contributed by atoms with Crippen LogP contribution in [0.25, 0.3) is 11.1 Å². The van der Waals surface area contributed by atoms with Crippen LogP contribution in [0.3, 0.4) is 0 Å². The predicted octanol–water partition coefficient (Wildman–Crippen LogP) is 1.32. The van der Waals surface area contributed by atoms with E-state index >= 15 is 0 Å². The lowest BCUT2D eigenvalue weighted by molar-refractivity contribution is -0.145. The highest BCUT2D eigenvalue weighted by Crippen LogP contribution is 2.30. The third-order valence-corrected chi connectivity index (χ3v) is 4.34. The topological polar surface area (TPSA) is 93.6 Å². The molecule has 28 heavy (non-hydrogen) atoms. The van der Waals surface area contributed by atoms with E-state index in [1.165, 1.54) is 6.33 Å². The average molecular weight is 386 g/mol. The normalized spacial score (nSPS) is 17.0. The van der Waals surface area contributed by atoms with E-state index in [1.807, 2.05) is 32.8 Å². The van der Waals surface area contributed by atoms with Crippen LogP contribution >= 0.6 is 0 Å². The minimum absolute atomic E-state index is 0.00925. The number of aromatic nitrogens is 4. The van der Waals surface area contributed by atoms with E-state index in [9.17, 15) is 4.79 Å². The van der Waals surface area contributed by atoms with Crippen LogP contribution in [0.4, 0.5) is 5.95 Å². The lowest BCUT2D eigenvalue weighted by atomic mass is 10.0. The van der Waals surface area contributed by atoms with E-state index in [2.05, 4.69) is 15.0 Å². The number of morpholine rings is 1. The molecule has 2 aromatic rings. The van der Waals surface area contributed by atoms with Gasteiger partial charge in [-0.05, 0) is 13.8 Å². The number of hydrogen-bond donors (Lipinski definition) is 0. The number of hydrogen-bond acceptors (Lipinski definition) is 8. The molecule has 1 saturated heterocycles. The van der Waals surface area contributed by atoms with E-state index in [0.717, 1.165) is 16.8 Å². The standard InChI is InChI=1S/C19H26N6O3/c1-13(2)28-11-17(26)25-5-6-27-16(10-25)18-15(14-7-20-12-21-8-14)9-22-19(23-18)24(3)4/h7-9,12-13,16H,5-6,10-11H2,1-4H3/t16-/m0/s1. The van der Waals surface area contributed by atoms with E-state index in [0.29, 0.717) is 25.6 Å². The van der Waals surface area contributed by atoms with Crippen molar-refractivity contribution >= 4 is 11.9 Å². The van der Waals surface area contributed by atoms with Crippen LogP contribution < -0.4 is 4.90 Å². The van der Waals surface area contributed by atoms with E-state index in [-0.39, 0.29) is 24.7 Å². The first-order chi connectivity index (χ1) is 13.5. The number of nitrogens with zero attached hydrogens (tertiary/aromatic N) is 6. The first kappa shape index (κ1) is 20.1. The summed E-state index contributed by atoms with van der Waals surface area (Å²) >= 11 is 0. The van der Waals surface area contributed by atoms with E-state index < -0.39 is 0 Å². The van der Waals surface area contributed by atoms with Crippen LogP contribution in [0.5, 0.6) is 0 Å². The van der Waals surface area contributed by atoms with Crippen molar-refractivity contribution in [2.45, 2.75) is 26.1 Å². The number of amides is 1. The van der Waals surface area contributed by atoms with Gasteiger partial charge in [0.15, 0.2) is 0 Å². The zero-order chi connectivity index (χ0) is 20.1. The smallest absolute Gasteiger partial charge is 0.248 e. The summed E-state index contributed by atoms with van der Waals surface area (Å²) in [5.41, 5.74) is 2.32. The van der Waals surface area contributed by atoms with Gasteiger partial charge in [0.1, 0.15) is 19.0 Å². The van der Waals surface area contributed by atoms with Gasteiger partial charge in [-0.15, -0.1) is 0 Å². The molecule has 3 heterocycles. The molecule has 2 aromatic heterocycles. The molecule has 0 bridgehead atoms. The van der Waals surface area contributed by atoms with Crippen molar-refractivity contribution in [2.24, 2.45) is 0 Å². The molecule has 0 radical (unpaired) electrons. The molecule has 9 nitrogen and oxygen atoms in total. The van der Waals surface area contributed by atoms with Gasteiger partial charge in [0, 0.05) is 50.4 Å². The predicted molar refractivity (Wildman–Crippen MR) is 104 cm³/mol. The zero-order valence-corrected chi connectivity index (χ0v) is 16.7. The second-order valence-electron chi connectivity index (χ2n) is 7.05. The summed E-state index contributed by atoms with van der Waals surface area (Å²) in [5.74, 6) is 0.527. The van der Waals surface area contributed by atoms with Gasteiger partial charge in [-0.1, -0.05) is 0 Å². The quantitative estimate of drug-likeness (QED) is 0.734. The van der Waals surface area contributed by atoms with Gasteiger partial charge in [0.25, 0.3) is 0 Å². The Kier molecular flexibility index (Phi) is 6.48. The molecule has 1 fully saturated rings. The van der Waals surface area contributed by atoms with Crippen molar-refractivity contribution in [2.75, 3.05) is 45.3 Å². The van der Waals surface area contributed by atoms with Gasteiger partial charge >= 0.3 is 0 Å². The van der Waals surface area contributed by atoms with Crippen molar-refractivity contribution < 1.29 is 14.3 Å². The molecule has 0 N–H and O–H groups in total. The van der Waals surface area contributed by atoms with E-state index in [1.54, 1.807) is 23.5 Å². The molecular weight excluding hydrogens is 360 g/mol. The molecule has 1 amide bonds. The molecular formula is C19H26N6O3. The fraction of sp³-hybridized carbons (Fsp3) is 0.526. The Hall–Kier alpha value is -2.65. The van der Waals surface area contributed by atoms with Crippen LogP contribution in [-0.4, -0.2) is 77.2 Å². The SMILES string of the molecule is CC(C)OCC(=O)N1CCO[C@H](c2nc(N(C)C)ncc2-c2cncnc2)C1. The van der Waals surface area contributed by atoms with Crippen molar-refractivity contribution in [1.82, 2.24) is 24.8 Å².